The van der Waals surface area contributed by atoms with E-state index in [-0.39, 0.29) is 41.6 Å². The molecular weight excluding hydrogens is 867 g/mol. The maximum absolute atomic E-state index is 12.7. The maximum atomic E-state index is 12.7. The molecule has 2 aromatic heterocycles. The van der Waals surface area contributed by atoms with Gasteiger partial charge in [-0.1, -0.05) is 57.7 Å². The van der Waals surface area contributed by atoms with Crippen LogP contribution in [0.3, 0.4) is 0 Å². The summed E-state index contributed by atoms with van der Waals surface area (Å²) in [5.41, 5.74) is 5.84. The van der Waals surface area contributed by atoms with E-state index in [1.54, 1.807) is 6.92 Å². The molecule has 1 aliphatic rings. The van der Waals surface area contributed by atoms with Crippen LogP contribution in [0.15, 0.2) is 36.5 Å². The minimum Gasteiger partial charge on any atom is -0.386 e. The second kappa shape index (κ2) is 21.2. The highest BCUT2D eigenvalue weighted by molar-refractivity contribution is 8.14. The van der Waals surface area contributed by atoms with E-state index in [9.17, 15) is 57.9 Å². The molecule has 3 heterocycles. The first-order valence-corrected chi connectivity index (χ1v) is 23.1. The monoisotopic (exact) mass is 917 g/mol. The number of aromatic nitrogens is 4. The van der Waals surface area contributed by atoms with E-state index in [0.29, 0.717) is 23.7 Å². The maximum Gasteiger partial charge on any atom is 0.481 e. The molecule has 332 valence electrons. The molecule has 1 aliphatic heterocycles. The smallest absolute Gasteiger partial charge is 0.386 e. The average molecular weight is 918 g/mol. The van der Waals surface area contributed by atoms with Crippen molar-refractivity contribution in [2.24, 2.45) is 11.3 Å². The van der Waals surface area contributed by atoms with Crippen LogP contribution in [0.1, 0.15) is 53.7 Å². The molecule has 24 nitrogen and oxygen atoms in total. The summed E-state index contributed by atoms with van der Waals surface area (Å²) in [5.74, 6) is -0.868. The lowest BCUT2D eigenvalue weighted by Gasteiger charge is -2.30. The normalized spacial score (nSPS) is 21.5. The van der Waals surface area contributed by atoms with E-state index in [1.165, 1.54) is 13.8 Å². The molecule has 1 saturated heterocycles. The Hall–Kier alpha value is -2.96. The molecule has 0 spiro atoms. The third kappa shape index (κ3) is 15.5. The van der Waals surface area contributed by atoms with Gasteiger partial charge < -0.3 is 50.9 Å². The topological polar surface area (TPSA) is 364 Å². The van der Waals surface area contributed by atoms with Gasteiger partial charge in [0.15, 0.2) is 17.7 Å². The molecule has 0 radical (unpaired) electrons. The SMILES string of the molecule is C=C(C/C=C(\C)C(=O)SCCNC(=O)CCNC(=O)C(O)C(C)(C)COP(=O)(O)OP(=O)(O)OC[C@H]1O[C@@H](n2cnc3c(N)ncnc32)[C@H](O)[C@@H]1OP(=O)(O)O)C(C)C. The number of nitrogens with one attached hydrogen (secondary N) is 2. The van der Waals surface area contributed by atoms with Crippen molar-refractivity contribution in [3.05, 3.63) is 36.5 Å². The van der Waals surface area contributed by atoms with Crippen LogP contribution < -0.4 is 16.4 Å². The average Bonchev–Trinajstić information content (AvgIpc) is 3.69. The van der Waals surface area contributed by atoms with Crippen LogP contribution in [-0.4, -0.2) is 123 Å². The van der Waals surface area contributed by atoms with Crippen LogP contribution >= 0.6 is 35.2 Å². The quantitative estimate of drug-likeness (QED) is 0.0327. The molecule has 0 saturated carbocycles. The van der Waals surface area contributed by atoms with Gasteiger partial charge in [-0.15, -0.1) is 0 Å². The molecule has 0 aliphatic carbocycles. The zero-order valence-electron chi connectivity index (χ0n) is 32.6. The first-order chi connectivity index (χ1) is 27.2. The number of nitrogens with zero attached hydrogens (tertiary/aromatic N) is 4. The summed E-state index contributed by atoms with van der Waals surface area (Å²) in [6.07, 6.45) is -4.54. The zero-order valence-corrected chi connectivity index (χ0v) is 36.1. The minimum absolute atomic E-state index is 0.0288. The van der Waals surface area contributed by atoms with Crippen LogP contribution in [-0.2, 0) is 50.7 Å². The third-order valence-corrected chi connectivity index (χ3v) is 12.6. The van der Waals surface area contributed by atoms with E-state index < -0.39 is 84.6 Å². The number of ether oxygens (including phenoxy) is 1. The fraction of sp³-hybridized carbons (Fsp3) is 0.613. The number of aliphatic hydroxyl groups is 2. The van der Waals surface area contributed by atoms with Crippen molar-refractivity contribution in [2.45, 2.75) is 78.1 Å². The third-order valence-electron chi connectivity index (χ3n) is 8.54. The van der Waals surface area contributed by atoms with Crippen molar-refractivity contribution in [3.63, 3.8) is 0 Å². The van der Waals surface area contributed by atoms with Gasteiger partial charge in [-0.05, 0) is 24.8 Å². The van der Waals surface area contributed by atoms with Crippen molar-refractivity contribution in [2.75, 3.05) is 37.8 Å². The number of nitrogen functional groups attached to an aromatic ring is 1. The number of aliphatic hydroxyl groups excluding tert-OH is 2. The van der Waals surface area contributed by atoms with Crippen molar-refractivity contribution >= 4 is 69.1 Å². The van der Waals surface area contributed by atoms with Crippen molar-refractivity contribution in [1.82, 2.24) is 30.2 Å². The van der Waals surface area contributed by atoms with Crippen molar-refractivity contribution in [1.29, 1.82) is 0 Å². The highest BCUT2D eigenvalue weighted by Crippen LogP contribution is 2.61. The number of fused-ring (bicyclic) bond motifs is 1. The van der Waals surface area contributed by atoms with Gasteiger partial charge in [0.1, 0.15) is 36.3 Å². The Morgan fingerprint density at radius 3 is 2.39 bits per heavy atom. The Kier molecular flexibility index (Phi) is 18.1. The molecule has 1 fully saturated rings. The van der Waals surface area contributed by atoms with Crippen LogP contribution in [0.25, 0.3) is 11.2 Å². The Bertz CT molecular complexity index is 2010. The highest BCUT2D eigenvalue weighted by Gasteiger charge is 2.50. The molecule has 10 N–H and O–H groups in total. The zero-order chi connectivity index (χ0) is 44.5. The number of phosphoric ester groups is 3. The molecule has 3 rings (SSSR count). The molecule has 3 unspecified atom stereocenters. The molecule has 2 aromatic rings. The predicted molar refractivity (Wildman–Crippen MR) is 209 cm³/mol. The lowest BCUT2D eigenvalue weighted by Crippen LogP contribution is -2.46. The predicted octanol–water partition coefficient (Wildman–Crippen LogP) is 1.21. The van der Waals surface area contributed by atoms with E-state index >= 15 is 0 Å². The Balaban J connectivity index is 1.46. The number of anilines is 1. The number of thioether (sulfide) groups is 1. The molecule has 59 heavy (non-hydrogen) atoms. The summed E-state index contributed by atoms with van der Waals surface area (Å²) in [6.45, 7) is 10.1. The van der Waals surface area contributed by atoms with Gasteiger partial charge in [-0.2, -0.15) is 4.31 Å². The number of carbonyl (C=O) groups excluding carboxylic acids is 3. The lowest BCUT2D eigenvalue weighted by atomic mass is 9.87. The molecular formula is C31H50N7O17P3S. The number of carbonyl (C=O) groups is 3. The summed E-state index contributed by atoms with van der Waals surface area (Å²) < 4.78 is 62.2. The second-order valence-corrected chi connectivity index (χ2v) is 19.4. The first-order valence-electron chi connectivity index (χ1n) is 17.6. The lowest BCUT2D eigenvalue weighted by molar-refractivity contribution is -0.137. The van der Waals surface area contributed by atoms with E-state index in [4.69, 9.17) is 19.5 Å². The highest BCUT2D eigenvalue weighted by atomic mass is 32.2. The van der Waals surface area contributed by atoms with Gasteiger partial charge in [0, 0.05) is 30.7 Å². The number of phosphoric acid groups is 3. The standard InChI is InChI=1S/C31H50N7O17P3S/c1-17(2)18(3)7-8-19(4)30(43)59-12-11-33-21(39)9-10-34-28(42)25(41)31(5,6)14-52-58(49,50)55-57(47,48)51-13-20-24(54-56(44,45)46)23(40)29(53-20)38-16-37-22-26(32)35-15-36-27(22)38/h8,15-17,20,23-25,29,40-41H,3,7,9-14H2,1-2,4-6H3,(H,33,39)(H,34,42)(H,47,48)(H,49,50)(H2,32,35,36)(H2,44,45,46)/b19-8+/t20-,23-,24-,25?,29-/m1/s1. The summed E-state index contributed by atoms with van der Waals surface area (Å²) >= 11 is 1.04. The largest absolute Gasteiger partial charge is 0.481 e. The fourth-order valence-electron chi connectivity index (χ4n) is 4.99. The number of amides is 2. The van der Waals surface area contributed by atoms with E-state index in [2.05, 4.69) is 41.0 Å². The molecule has 0 aromatic carbocycles. The molecule has 0 bridgehead atoms. The Labute approximate surface area is 342 Å². The summed E-state index contributed by atoms with van der Waals surface area (Å²) in [4.78, 5) is 88.1. The number of imidazole rings is 1. The minimum atomic E-state index is -5.58. The van der Waals surface area contributed by atoms with Gasteiger partial charge in [-0.3, -0.25) is 32.5 Å². The van der Waals surface area contributed by atoms with Crippen LogP contribution in [0.4, 0.5) is 5.82 Å². The number of nitrogens with two attached hydrogens (primary N) is 1. The van der Waals surface area contributed by atoms with E-state index in [0.717, 1.165) is 34.6 Å². The number of allylic oxidation sites excluding steroid dienone is 2. The van der Waals surface area contributed by atoms with Gasteiger partial charge in [-0.25, -0.2) is 28.6 Å². The van der Waals surface area contributed by atoms with Gasteiger partial charge in [0.2, 0.25) is 16.9 Å². The van der Waals surface area contributed by atoms with Crippen molar-refractivity contribution < 1.29 is 80.5 Å². The number of hydrogen-bond acceptors (Lipinski definition) is 18. The number of rotatable bonds is 23. The van der Waals surface area contributed by atoms with Gasteiger partial charge >= 0.3 is 23.5 Å². The van der Waals surface area contributed by atoms with Gasteiger partial charge in [0.25, 0.3) is 0 Å². The summed E-state index contributed by atoms with van der Waals surface area (Å²) in [5, 5.41) is 26.3. The molecule has 28 heteroatoms. The Morgan fingerprint density at radius 2 is 1.75 bits per heavy atom. The first kappa shape index (κ1) is 50.4. The molecule has 2 amide bonds. The van der Waals surface area contributed by atoms with Crippen LogP contribution in [0, 0.1) is 11.3 Å². The van der Waals surface area contributed by atoms with Gasteiger partial charge in [0.05, 0.1) is 19.5 Å². The Morgan fingerprint density at radius 1 is 1.08 bits per heavy atom. The van der Waals surface area contributed by atoms with E-state index in [1.807, 2.05) is 19.9 Å². The number of hydrogen-bond donors (Lipinski definition) is 9. The van der Waals surface area contributed by atoms with Crippen LogP contribution in [0.5, 0.6) is 0 Å². The summed E-state index contributed by atoms with van der Waals surface area (Å²) in [7, 11) is -16.4. The summed E-state index contributed by atoms with van der Waals surface area (Å²) in [6, 6.07) is 0. The second-order valence-electron chi connectivity index (χ2n) is 14.1. The van der Waals surface area contributed by atoms with Crippen molar-refractivity contribution in [3.8, 4) is 0 Å². The van der Waals surface area contributed by atoms with Crippen LogP contribution in [0.2, 0.25) is 0 Å². The fourth-order valence-corrected chi connectivity index (χ4v) is 8.52. The molecule has 7 atom stereocenters.